The number of epoxide rings is 2. The van der Waals surface area contributed by atoms with Gasteiger partial charge in [-0.1, -0.05) is 91.1 Å². The third-order valence-electron chi connectivity index (χ3n) is 8.25. The summed E-state index contributed by atoms with van der Waals surface area (Å²) in [5, 5.41) is 9.28. The molecule has 3 atom stereocenters. The molecule has 0 saturated carbocycles. The smallest absolute Gasteiger partial charge is 0.223 e. The molecule has 0 spiro atoms. The summed E-state index contributed by atoms with van der Waals surface area (Å²) >= 11 is 0. The van der Waals surface area contributed by atoms with Gasteiger partial charge in [0.2, 0.25) is 12.6 Å². The van der Waals surface area contributed by atoms with E-state index in [9.17, 15) is 5.11 Å². The summed E-state index contributed by atoms with van der Waals surface area (Å²) in [5.74, 6) is 3.37. The average molecular weight is 659 g/mol. The molecule has 4 aromatic rings. The van der Waals surface area contributed by atoms with E-state index >= 15 is 0 Å². The lowest BCUT2D eigenvalue weighted by Crippen LogP contribution is -2.19. The summed E-state index contributed by atoms with van der Waals surface area (Å²) in [7, 11) is 0. The van der Waals surface area contributed by atoms with Crippen LogP contribution in [0.2, 0.25) is 0 Å². The van der Waals surface area contributed by atoms with E-state index in [1.54, 1.807) is 6.92 Å². The second-order valence-corrected chi connectivity index (χ2v) is 12.7. The molecule has 2 heterocycles. The molecule has 0 amide bonds. The Kier molecular flexibility index (Phi) is 13.5. The zero-order chi connectivity index (χ0) is 32.7. The summed E-state index contributed by atoms with van der Waals surface area (Å²) in [5.41, 5.74) is 4.72. The molecular formula is C41H54O7. The van der Waals surface area contributed by atoms with E-state index in [0.717, 1.165) is 23.0 Å². The molecule has 2 aliphatic rings. The minimum Gasteiger partial charge on any atom is -0.494 e. The largest absolute Gasteiger partial charge is 0.494 e. The van der Waals surface area contributed by atoms with Gasteiger partial charge in [0.1, 0.15) is 42.8 Å². The number of rotatable bonds is 13. The van der Waals surface area contributed by atoms with Crippen LogP contribution >= 0.6 is 0 Å². The fraction of sp³-hybridized carbons (Fsp3) is 0.415. The second-order valence-electron chi connectivity index (χ2n) is 12.7. The Morgan fingerprint density at radius 2 is 0.875 bits per heavy atom. The van der Waals surface area contributed by atoms with Crippen LogP contribution in [0.1, 0.15) is 78.6 Å². The van der Waals surface area contributed by atoms with Crippen molar-refractivity contribution in [1.82, 2.24) is 0 Å². The maximum Gasteiger partial charge on any atom is 0.223 e. The minimum atomic E-state index is -0.470. The predicted octanol–water partition coefficient (Wildman–Crippen LogP) is 8.93. The first-order chi connectivity index (χ1) is 22.0. The van der Waals surface area contributed by atoms with Gasteiger partial charge in [-0.2, -0.15) is 0 Å². The van der Waals surface area contributed by atoms with Gasteiger partial charge in [0.05, 0.1) is 12.7 Å². The Bertz CT molecular complexity index is 1500. The average Bonchev–Trinajstić information content (AvgIpc) is 4.00. The number of ether oxygens (including phenoxy) is 6. The molecule has 6 rings (SSSR count). The lowest BCUT2D eigenvalue weighted by molar-refractivity contribution is 0.122. The van der Waals surface area contributed by atoms with Gasteiger partial charge in [0.25, 0.3) is 0 Å². The summed E-state index contributed by atoms with van der Waals surface area (Å²) in [4.78, 5) is 0. The fourth-order valence-corrected chi connectivity index (χ4v) is 5.07. The lowest BCUT2D eigenvalue weighted by Gasteiger charge is -2.26. The first-order valence-corrected chi connectivity index (χ1v) is 16.0. The molecule has 0 radical (unpaired) electrons. The number of hydrogen-bond donors (Lipinski definition) is 1. The molecule has 260 valence electrons. The van der Waals surface area contributed by atoms with Crippen LogP contribution in [-0.4, -0.2) is 50.2 Å². The number of aliphatic hydroxyl groups is 1. The van der Waals surface area contributed by atoms with Crippen molar-refractivity contribution in [2.45, 2.75) is 85.9 Å². The highest BCUT2D eigenvalue weighted by molar-refractivity contribution is 5.43. The molecule has 0 aliphatic carbocycles. The topological polar surface area (TPSA) is 82.2 Å². The van der Waals surface area contributed by atoms with Gasteiger partial charge >= 0.3 is 0 Å². The molecule has 7 nitrogen and oxygen atoms in total. The van der Waals surface area contributed by atoms with Crippen LogP contribution in [0.3, 0.4) is 0 Å². The Balaban J connectivity index is 0.000000251. The zero-order valence-electron chi connectivity index (χ0n) is 27.7. The molecule has 48 heavy (non-hydrogen) atoms. The molecular weight excluding hydrogens is 604 g/mol. The SMILES string of the molecule is C.C.CC(O)COc1ccc(C(C)(C)c2ccc(OC3CO3)cc2)cc1.CCOc1ccc(C(C)(C)c2ccc(OC3CO3)cc2)cc1. The highest BCUT2D eigenvalue weighted by Crippen LogP contribution is 2.35. The summed E-state index contributed by atoms with van der Waals surface area (Å²) in [6.07, 6.45) is -0.592. The van der Waals surface area contributed by atoms with E-state index in [4.69, 9.17) is 28.4 Å². The number of aliphatic hydroxyl groups excluding tert-OH is 1. The van der Waals surface area contributed by atoms with Crippen molar-refractivity contribution in [1.29, 1.82) is 0 Å². The van der Waals surface area contributed by atoms with E-state index in [0.29, 0.717) is 26.4 Å². The molecule has 1 N–H and O–H groups in total. The van der Waals surface area contributed by atoms with Gasteiger partial charge in [-0.3, -0.25) is 0 Å². The van der Waals surface area contributed by atoms with Gasteiger partial charge in [-0.25, -0.2) is 0 Å². The minimum absolute atomic E-state index is 0. The molecule has 0 bridgehead atoms. The van der Waals surface area contributed by atoms with Crippen molar-refractivity contribution in [3.8, 4) is 23.0 Å². The van der Waals surface area contributed by atoms with E-state index < -0.39 is 6.10 Å². The van der Waals surface area contributed by atoms with Gasteiger partial charge in [0.15, 0.2) is 0 Å². The number of benzene rings is 4. The van der Waals surface area contributed by atoms with Crippen LogP contribution in [0.4, 0.5) is 0 Å². The van der Waals surface area contributed by atoms with E-state index in [1.165, 1.54) is 22.3 Å². The Morgan fingerprint density at radius 1 is 0.583 bits per heavy atom. The molecule has 4 aromatic carbocycles. The van der Waals surface area contributed by atoms with E-state index in [-0.39, 0.29) is 38.3 Å². The highest BCUT2D eigenvalue weighted by Gasteiger charge is 2.27. The van der Waals surface area contributed by atoms with Crippen molar-refractivity contribution in [2.75, 3.05) is 26.4 Å². The zero-order valence-corrected chi connectivity index (χ0v) is 27.7. The van der Waals surface area contributed by atoms with Crippen LogP contribution in [0, 0.1) is 0 Å². The van der Waals surface area contributed by atoms with Gasteiger partial charge in [-0.05, 0) is 84.6 Å². The van der Waals surface area contributed by atoms with Crippen LogP contribution in [0.25, 0.3) is 0 Å². The predicted molar refractivity (Wildman–Crippen MR) is 193 cm³/mol. The highest BCUT2D eigenvalue weighted by atomic mass is 16.8. The third-order valence-corrected chi connectivity index (χ3v) is 8.25. The Labute approximate surface area is 287 Å². The van der Waals surface area contributed by atoms with Crippen molar-refractivity contribution in [2.24, 2.45) is 0 Å². The second kappa shape index (κ2) is 16.9. The number of hydrogen-bond acceptors (Lipinski definition) is 7. The molecule has 7 heteroatoms. The maximum atomic E-state index is 9.28. The Hall–Kier alpha value is -4.04. The summed E-state index contributed by atoms with van der Waals surface area (Å²) < 4.78 is 32.4. The van der Waals surface area contributed by atoms with Crippen molar-refractivity contribution < 1.29 is 33.5 Å². The van der Waals surface area contributed by atoms with Crippen LogP contribution in [-0.2, 0) is 20.3 Å². The molecule has 2 aliphatic heterocycles. The van der Waals surface area contributed by atoms with Crippen LogP contribution in [0.15, 0.2) is 97.1 Å². The van der Waals surface area contributed by atoms with Crippen molar-refractivity contribution in [3.63, 3.8) is 0 Å². The molecule has 2 saturated heterocycles. The summed E-state index contributed by atoms with van der Waals surface area (Å²) in [6, 6.07) is 32.8. The van der Waals surface area contributed by atoms with Crippen molar-refractivity contribution >= 4 is 0 Å². The van der Waals surface area contributed by atoms with Crippen LogP contribution < -0.4 is 18.9 Å². The van der Waals surface area contributed by atoms with Gasteiger partial charge < -0.3 is 33.5 Å². The standard InChI is InChI=1S/C20H24O4.C19H22O3.2CH4/c1-14(21)12-22-17-8-4-15(5-9-17)20(2,3)16-6-10-18(11-7-16)24-19-13-23-19;1-4-20-16-9-5-14(6-10-16)19(2,3)15-7-11-17(12-8-15)22-18-13-21-18;;/h4-11,14,19,21H,12-13H2,1-3H3;5-12,18H,4,13H2,1-3H3;2*1H4. The van der Waals surface area contributed by atoms with Crippen molar-refractivity contribution in [3.05, 3.63) is 119 Å². The lowest BCUT2D eigenvalue weighted by atomic mass is 9.78. The third kappa shape index (κ3) is 10.5. The van der Waals surface area contributed by atoms with E-state index in [2.05, 4.69) is 76.2 Å². The molecule has 2 fully saturated rings. The monoisotopic (exact) mass is 658 g/mol. The van der Waals surface area contributed by atoms with Gasteiger partial charge in [0, 0.05) is 10.8 Å². The Morgan fingerprint density at radius 3 is 1.15 bits per heavy atom. The fourth-order valence-electron chi connectivity index (χ4n) is 5.07. The maximum absolute atomic E-state index is 9.28. The van der Waals surface area contributed by atoms with Crippen LogP contribution in [0.5, 0.6) is 23.0 Å². The van der Waals surface area contributed by atoms with E-state index in [1.807, 2.05) is 55.5 Å². The quantitative estimate of drug-likeness (QED) is 0.144. The molecule has 3 unspecified atom stereocenters. The molecule has 0 aromatic heterocycles. The first-order valence-electron chi connectivity index (χ1n) is 16.0. The first kappa shape index (κ1) is 38.4. The van der Waals surface area contributed by atoms with Gasteiger partial charge in [-0.15, -0.1) is 0 Å². The normalized spacial score (nSPS) is 16.9. The summed E-state index contributed by atoms with van der Waals surface area (Å²) in [6.45, 7) is 14.9.